The standard InChI is InChI=1S/C16H20BrN3O/c1-20-11-13(10-19-20)6-7-21-16-5-2-12(8-15(16)17)9-18-14-3-4-14/h2,5,8,10-11,14,18H,3-4,6-7,9H2,1H3. The molecular formula is C16H20BrN3O. The highest BCUT2D eigenvalue weighted by molar-refractivity contribution is 9.10. The Morgan fingerprint density at radius 1 is 1.38 bits per heavy atom. The molecule has 0 bridgehead atoms. The van der Waals surface area contributed by atoms with Crippen molar-refractivity contribution in [3.8, 4) is 5.75 Å². The van der Waals surface area contributed by atoms with Gasteiger partial charge in [0.25, 0.3) is 0 Å². The van der Waals surface area contributed by atoms with Gasteiger partial charge in [0.15, 0.2) is 0 Å². The molecule has 0 atom stereocenters. The summed E-state index contributed by atoms with van der Waals surface area (Å²) in [6.45, 7) is 1.59. The molecule has 1 aromatic carbocycles. The van der Waals surface area contributed by atoms with E-state index in [4.69, 9.17) is 4.74 Å². The summed E-state index contributed by atoms with van der Waals surface area (Å²) in [6, 6.07) is 7.03. The van der Waals surface area contributed by atoms with Crippen LogP contribution in [0.5, 0.6) is 5.75 Å². The molecule has 1 aromatic heterocycles. The van der Waals surface area contributed by atoms with E-state index in [1.54, 1.807) is 0 Å². The zero-order valence-electron chi connectivity index (χ0n) is 12.2. The molecule has 0 unspecified atom stereocenters. The van der Waals surface area contributed by atoms with Gasteiger partial charge in [0.2, 0.25) is 0 Å². The van der Waals surface area contributed by atoms with Crippen LogP contribution in [-0.4, -0.2) is 22.4 Å². The molecule has 3 rings (SSSR count). The van der Waals surface area contributed by atoms with Crippen molar-refractivity contribution in [2.75, 3.05) is 6.61 Å². The Morgan fingerprint density at radius 3 is 2.90 bits per heavy atom. The van der Waals surface area contributed by atoms with Gasteiger partial charge in [0, 0.05) is 32.3 Å². The van der Waals surface area contributed by atoms with Crippen molar-refractivity contribution in [1.82, 2.24) is 15.1 Å². The van der Waals surface area contributed by atoms with Crippen LogP contribution in [0.4, 0.5) is 0 Å². The zero-order valence-corrected chi connectivity index (χ0v) is 13.8. The summed E-state index contributed by atoms with van der Waals surface area (Å²) in [7, 11) is 1.93. The largest absolute Gasteiger partial charge is 0.492 e. The number of rotatable bonds is 7. The molecule has 0 saturated heterocycles. The maximum Gasteiger partial charge on any atom is 0.133 e. The second-order valence-electron chi connectivity index (χ2n) is 5.54. The number of nitrogens with zero attached hydrogens (tertiary/aromatic N) is 2. The molecule has 0 aliphatic heterocycles. The highest BCUT2D eigenvalue weighted by Gasteiger charge is 2.19. The molecule has 112 valence electrons. The Kier molecular flexibility index (Phi) is 4.60. The SMILES string of the molecule is Cn1cc(CCOc2ccc(CNC3CC3)cc2Br)cn1. The lowest BCUT2D eigenvalue weighted by Gasteiger charge is -2.10. The van der Waals surface area contributed by atoms with E-state index in [9.17, 15) is 0 Å². The van der Waals surface area contributed by atoms with Gasteiger partial charge < -0.3 is 10.1 Å². The Bertz CT molecular complexity index is 607. The zero-order chi connectivity index (χ0) is 14.7. The van der Waals surface area contributed by atoms with E-state index < -0.39 is 0 Å². The molecule has 0 amide bonds. The summed E-state index contributed by atoms with van der Waals surface area (Å²) in [5.41, 5.74) is 2.48. The Morgan fingerprint density at radius 2 is 2.24 bits per heavy atom. The van der Waals surface area contributed by atoms with Crippen LogP contribution in [-0.2, 0) is 20.0 Å². The van der Waals surface area contributed by atoms with Crippen LogP contribution in [0.15, 0.2) is 35.1 Å². The first-order valence-electron chi connectivity index (χ1n) is 7.33. The summed E-state index contributed by atoms with van der Waals surface area (Å²) in [5, 5.41) is 7.67. The molecule has 1 N–H and O–H groups in total. The molecule has 4 nitrogen and oxygen atoms in total. The lowest BCUT2D eigenvalue weighted by Crippen LogP contribution is -2.15. The molecular weight excluding hydrogens is 330 g/mol. The molecule has 1 aliphatic carbocycles. The van der Waals surface area contributed by atoms with E-state index in [-0.39, 0.29) is 0 Å². The minimum Gasteiger partial charge on any atom is -0.492 e. The van der Waals surface area contributed by atoms with Crippen LogP contribution < -0.4 is 10.1 Å². The Balaban J connectivity index is 1.50. The first-order valence-corrected chi connectivity index (χ1v) is 8.12. The summed E-state index contributed by atoms with van der Waals surface area (Å²) in [5.74, 6) is 0.897. The second-order valence-corrected chi connectivity index (χ2v) is 6.40. The maximum atomic E-state index is 5.84. The molecule has 5 heteroatoms. The first-order chi connectivity index (χ1) is 10.2. The monoisotopic (exact) mass is 349 g/mol. The third-order valence-electron chi connectivity index (χ3n) is 3.58. The van der Waals surface area contributed by atoms with Crippen molar-refractivity contribution >= 4 is 15.9 Å². The number of nitrogens with one attached hydrogen (secondary N) is 1. The quantitative estimate of drug-likeness (QED) is 0.834. The average molecular weight is 350 g/mol. The first kappa shape index (κ1) is 14.6. The molecule has 1 fully saturated rings. The van der Waals surface area contributed by atoms with Crippen molar-refractivity contribution in [2.45, 2.75) is 31.8 Å². The van der Waals surface area contributed by atoms with Gasteiger partial charge in [-0.2, -0.15) is 5.10 Å². The normalized spacial score (nSPS) is 14.4. The van der Waals surface area contributed by atoms with Crippen LogP contribution in [0.1, 0.15) is 24.0 Å². The lowest BCUT2D eigenvalue weighted by atomic mass is 10.2. The molecule has 21 heavy (non-hydrogen) atoms. The van der Waals surface area contributed by atoms with Gasteiger partial charge in [-0.1, -0.05) is 6.07 Å². The topological polar surface area (TPSA) is 39.1 Å². The molecule has 1 heterocycles. The predicted octanol–water partition coefficient (Wildman–Crippen LogP) is 3.06. The van der Waals surface area contributed by atoms with Crippen LogP contribution in [0, 0.1) is 0 Å². The average Bonchev–Trinajstić information content (AvgIpc) is 3.21. The number of aryl methyl sites for hydroxylation is 1. The van der Waals surface area contributed by atoms with Gasteiger partial charge in [-0.05, 0) is 52.0 Å². The van der Waals surface area contributed by atoms with Gasteiger partial charge in [-0.3, -0.25) is 4.68 Å². The summed E-state index contributed by atoms with van der Waals surface area (Å²) in [4.78, 5) is 0. The van der Waals surface area contributed by atoms with E-state index >= 15 is 0 Å². The van der Waals surface area contributed by atoms with Crippen LogP contribution in [0.3, 0.4) is 0 Å². The summed E-state index contributed by atoms with van der Waals surface area (Å²) in [6.07, 6.45) is 7.40. The summed E-state index contributed by atoms with van der Waals surface area (Å²) >= 11 is 3.59. The van der Waals surface area contributed by atoms with Crippen molar-refractivity contribution in [3.63, 3.8) is 0 Å². The lowest BCUT2D eigenvalue weighted by molar-refractivity contribution is 0.320. The molecule has 1 aliphatic rings. The smallest absolute Gasteiger partial charge is 0.133 e. The van der Waals surface area contributed by atoms with Crippen molar-refractivity contribution in [2.24, 2.45) is 7.05 Å². The predicted molar refractivity (Wildman–Crippen MR) is 86.4 cm³/mol. The van der Waals surface area contributed by atoms with Crippen LogP contribution in [0.25, 0.3) is 0 Å². The number of ether oxygens (including phenoxy) is 1. The van der Waals surface area contributed by atoms with Gasteiger partial charge in [0.05, 0.1) is 17.3 Å². The fourth-order valence-electron chi connectivity index (χ4n) is 2.20. The highest BCUT2D eigenvalue weighted by atomic mass is 79.9. The number of benzene rings is 1. The molecule has 0 radical (unpaired) electrons. The fraction of sp³-hybridized carbons (Fsp3) is 0.438. The summed E-state index contributed by atoms with van der Waals surface area (Å²) < 4.78 is 8.67. The number of aromatic nitrogens is 2. The number of hydrogen-bond acceptors (Lipinski definition) is 3. The third kappa shape index (κ3) is 4.32. The van der Waals surface area contributed by atoms with Crippen LogP contribution in [0.2, 0.25) is 0 Å². The van der Waals surface area contributed by atoms with Gasteiger partial charge >= 0.3 is 0 Å². The van der Waals surface area contributed by atoms with Crippen molar-refractivity contribution < 1.29 is 4.74 Å². The number of halogens is 1. The number of hydrogen-bond donors (Lipinski definition) is 1. The van der Waals surface area contributed by atoms with Gasteiger partial charge in [-0.25, -0.2) is 0 Å². The minimum atomic E-state index is 0.657. The van der Waals surface area contributed by atoms with E-state index in [0.29, 0.717) is 6.61 Å². The Labute approximate surface area is 133 Å². The molecule has 0 spiro atoms. The van der Waals surface area contributed by atoms with Gasteiger partial charge in [0.1, 0.15) is 5.75 Å². The van der Waals surface area contributed by atoms with E-state index in [2.05, 4.69) is 38.5 Å². The van der Waals surface area contributed by atoms with Crippen molar-refractivity contribution in [1.29, 1.82) is 0 Å². The fourth-order valence-corrected chi connectivity index (χ4v) is 2.74. The minimum absolute atomic E-state index is 0.657. The Hall–Kier alpha value is -1.33. The molecule has 2 aromatic rings. The maximum absolute atomic E-state index is 5.84. The third-order valence-corrected chi connectivity index (χ3v) is 4.19. The molecule has 1 saturated carbocycles. The van der Waals surface area contributed by atoms with Gasteiger partial charge in [-0.15, -0.1) is 0 Å². The van der Waals surface area contributed by atoms with E-state index in [1.165, 1.54) is 24.0 Å². The highest BCUT2D eigenvalue weighted by Crippen LogP contribution is 2.27. The van der Waals surface area contributed by atoms with E-state index in [0.717, 1.165) is 29.2 Å². The van der Waals surface area contributed by atoms with Crippen LogP contribution >= 0.6 is 15.9 Å². The second kappa shape index (κ2) is 6.62. The van der Waals surface area contributed by atoms with E-state index in [1.807, 2.05) is 30.2 Å². The van der Waals surface area contributed by atoms with Crippen molar-refractivity contribution in [3.05, 3.63) is 46.2 Å².